The Morgan fingerprint density at radius 1 is 1.42 bits per heavy atom. The molecule has 24 heavy (non-hydrogen) atoms. The average Bonchev–Trinajstić information content (AvgIpc) is 2.70. The third kappa shape index (κ3) is 3.97. The Balaban J connectivity index is 2.47. The maximum atomic E-state index is 11.5. The van der Waals surface area contributed by atoms with Gasteiger partial charge in [0.1, 0.15) is 5.60 Å². The summed E-state index contributed by atoms with van der Waals surface area (Å²) < 4.78 is 6.44. The van der Waals surface area contributed by atoms with Crippen LogP contribution in [0.2, 0.25) is 10.0 Å². The molecule has 5 nitrogen and oxygen atoms in total. The number of benzene rings is 1. The largest absolute Gasteiger partial charge is 0.465 e. The highest BCUT2D eigenvalue weighted by molar-refractivity contribution is 6.42. The summed E-state index contributed by atoms with van der Waals surface area (Å²) in [5.41, 5.74) is 5.87. The highest BCUT2D eigenvalue weighted by Crippen LogP contribution is 2.39. The number of halogens is 2. The molecule has 7 heteroatoms. The molecule has 1 aromatic carbocycles. The minimum absolute atomic E-state index is 0.227. The van der Waals surface area contributed by atoms with Gasteiger partial charge >= 0.3 is 6.09 Å². The van der Waals surface area contributed by atoms with Crippen LogP contribution in [0.5, 0.6) is 0 Å². The van der Waals surface area contributed by atoms with Gasteiger partial charge in [0.2, 0.25) is 0 Å². The molecule has 3 N–H and O–H groups in total. The summed E-state index contributed by atoms with van der Waals surface area (Å²) >= 11 is 12.2. The predicted molar refractivity (Wildman–Crippen MR) is 95.7 cm³/mol. The zero-order valence-electron chi connectivity index (χ0n) is 14.2. The minimum Gasteiger partial charge on any atom is -0.465 e. The van der Waals surface area contributed by atoms with E-state index in [2.05, 4.69) is 0 Å². The molecule has 1 saturated heterocycles. The van der Waals surface area contributed by atoms with E-state index < -0.39 is 11.7 Å². The summed E-state index contributed by atoms with van der Waals surface area (Å²) in [6.45, 7) is 6.96. The lowest BCUT2D eigenvalue weighted by Gasteiger charge is -2.39. The normalized spacial score (nSPS) is 25.4. The van der Waals surface area contributed by atoms with Crippen molar-refractivity contribution in [3.63, 3.8) is 0 Å². The highest BCUT2D eigenvalue weighted by atomic mass is 35.5. The second-order valence-corrected chi connectivity index (χ2v) is 8.09. The van der Waals surface area contributed by atoms with Crippen molar-refractivity contribution in [1.82, 2.24) is 4.90 Å². The van der Waals surface area contributed by atoms with Crippen LogP contribution in [-0.4, -0.2) is 41.8 Å². The minimum atomic E-state index is -0.949. The Bertz CT molecular complexity index is 618. The number of hydrogen-bond acceptors (Lipinski definition) is 3. The molecule has 134 valence electrons. The lowest BCUT2D eigenvalue weighted by Crippen LogP contribution is -2.45. The van der Waals surface area contributed by atoms with Crippen molar-refractivity contribution in [3.05, 3.63) is 33.8 Å². The fraction of sp³-hybridized carbons (Fsp3) is 0.588. The molecule has 2 rings (SSSR count). The molecule has 1 aliphatic rings. The number of amides is 1. The van der Waals surface area contributed by atoms with Crippen molar-refractivity contribution in [2.45, 2.75) is 38.9 Å². The van der Waals surface area contributed by atoms with Crippen molar-refractivity contribution in [1.29, 1.82) is 0 Å². The second kappa shape index (κ2) is 7.08. The fourth-order valence-electron chi connectivity index (χ4n) is 2.86. The predicted octanol–water partition coefficient (Wildman–Crippen LogP) is 3.96. The number of carbonyl (C=O) groups is 1. The smallest absolute Gasteiger partial charge is 0.407 e. The van der Waals surface area contributed by atoms with Crippen molar-refractivity contribution in [2.24, 2.45) is 11.1 Å². The summed E-state index contributed by atoms with van der Waals surface area (Å²) in [6, 6.07) is 5.32. The number of rotatable bonds is 2. The van der Waals surface area contributed by atoms with Crippen LogP contribution in [0.15, 0.2) is 18.2 Å². The SMILES string of the molecule is CC(C)(C)C1CN(C(=O)O)CC[C@](CN)(c2ccc(Cl)c(Cl)c2)O1. The van der Waals surface area contributed by atoms with Crippen LogP contribution in [0, 0.1) is 5.41 Å². The van der Waals surface area contributed by atoms with E-state index >= 15 is 0 Å². The summed E-state index contributed by atoms with van der Waals surface area (Å²) in [4.78, 5) is 12.9. The third-order valence-electron chi connectivity index (χ3n) is 4.55. The van der Waals surface area contributed by atoms with E-state index in [-0.39, 0.29) is 18.1 Å². The van der Waals surface area contributed by atoms with Gasteiger partial charge in [0, 0.05) is 13.1 Å². The Kier molecular flexibility index (Phi) is 5.70. The summed E-state index contributed by atoms with van der Waals surface area (Å²) in [6.07, 6.45) is -0.788. The van der Waals surface area contributed by atoms with Gasteiger partial charge in [-0.1, -0.05) is 50.0 Å². The Morgan fingerprint density at radius 2 is 2.08 bits per heavy atom. The van der Waals surface area contributed by atoms with Crippen molar-refractivity contribution in [3.8, 4) is 0 Å². The molecule has 0 saturated carbocycles. The Labute approximate surface area is 152 Å². The van der Waals surface area contributed by atoms with Gasteiger partial charge in [-0.25, -0.2) is 4.79 Å². The van der Waals surface area contributed by atoms with Gasteiger partial charge in [-0.2, -0.15) is 0 Å². The highest BCUT2D eigenvalue weighted by Gasteiger charge is 2.43. The average molecular weight is 375 g/mol. The van der Waals surface area contributed by atoms with Crippen LogP contribution in [0.25, 0.3) is 0 Å². The maximum Gasteiger partial charge on any atom is 0.407 e. The molecule has 1 fully saturated rings. The first kappa shape index (κ1) is 19.3. The molecule has 0 spiro atoms. The first-order chi connectivity index (χ1) is 11.1. The van der Waals surface area contributed by atoms with E-state index in [9.17, 15) is 9.90 Å². The monoisotopic (exact) mass is 374 g/mol. The van der Waals surface area contributed by atoms with E-state index in [1.54, 1.807) is 12.1 Å². The standard InChI is InChI=1S/C17H24Cl2N2O3/c1-16(2,3)14-9-21(15(22)23)7-6-17(10-20,24-14)11-4-5-12(18)13(19)8-11/h4-5,8,14H,6-7,9-10,20H2,1-3H3,(H,22,23)/t14?,17-/m0/s1. The Morgan fingerprint density at radius 3 is 2.58 bits per heavy atom. The fourth-order valence-corrected chi connectivity index (χ4v) is 3.16. The quantitative estimate of drug-likeness (QED) is 0.820. The second-order valence-electron chi connectivity index (χ2n) is 7.28. The lowest BCUT2D eigenvalue weighted by atomic mass is 9.86. The molecule has 0 radical (unpaired) electrons. The van der Waals surface area contributed by atoms with Crippen LogP contribution in [0.3, 0.4) is 0 Å². The molecule has 2 atom stereocenters. The van der Waals surface area contributed by atoms with Crippen LogP contribution in [0.1, 0.15) is 32.8 Å². The van der Waals surface area contributed by atoms with Gasteiger partial charge in [-0.15, -0.1) is 0 Å². The maximum absolute atomic E-state index is 11.5. The number of carboxylic acid groups (broad SMARTS) is 1. The molecule has 1 heterocycles. The van der Waals surface area contributed by atoms with Gasteiger partial charge in [-0.05, 0) is 29.5 Å². The number of hydrogen-bond donors (Lipinski definition) is 2. The summed E-state index contributed by atoms with van der Waals surface area (Å²) in [5, 5.41) is 10.3. The molecule has 0 aromatic heterocycles. The number of nitrogens with two attached hydrogens (primary N) is 1. The van der Waals surface area contributed by atoms with Gasteiger partial charge in [0.05, 0.1) is 22.7 Å². The van der Waals surface area contributed by atoms with Crippen molar-refractivity contribution >= 4 is 29.3 Å². The summed E-state index contributed by atoms with van der Waals surface area (Å²) in [7, 11) is 0. The number of ether oxygens (including phenoxy) is 1. The molecular formula is C17H24Cl2N2O3. The first-order valence-electron chi connectivity index (χ1n) is 7.90. The first-order valence-corrected chi connectivity index (χ1v) is 8.66. The molecule has 0 aliphatic carbocycles. The van der Waals surface area contributed by atoms with Crippen LogP contribution < -0.4 is 5.73 Å². The molecule has 1 unspecified atom stereocenters. The van der Waals surface area contributed by atoms with Crippen LogP contribution in [-0.2, 0) is 10.3 Å². The zero-order chi connectivity index (χ0) is 18.1. The van der Waals surface area contributed by atoms with E-state index in [0.717, 1.165) is 5.56 Å². The topological polar surface area (TPSA) is 75.8 Å². The van der Waals surface area contributed by atoms with Crippen molar-refractivity contribution < 1.29 is 14.6 Å². The number of nitrogens with zero attached hydrogens (tertiary/aromatic N) is 1. The molecule has 1 aromatic rings. The molecule has 0 bridgehead atoms. The third-order valence-corrected chi connectivity index (χ3v) is 5.29. The van der Waals surface area contributed by atoms with Crippen molar-refractivity contribution in [2.75, 3.05) is 19.6 Å². The van der Waals surface area contributed by atoms with E-state index in [1.165, 1.54) is 4.90 Å². The molecule has 1 aliphatic heterocycles. The van der Waals surface area contributed by atoms with E-state index in [0.29, 0.717) is 29.6 Å². The molecular weight excluding hydrogens is 351 g/mol. The lowest BCUT2D eigenvalue weighted by molar-refractivity contribution is -0.125. The van der Waals surface area contributed by atoms with E-state index in [1.807, 2.05) is 26.8 Å². The zero-order valence-corrected chi connectivity index (χ0v) is 15.7. The van der Waals surface area contributed by atoms with Crippen LogP contribution >= 0.6 is 23.2 Å². The van der Waals surface area contributed by atoms with Crippen LogP contribution in [0.4, 0.5) is 4.79 Å². The molecule has 1 amide bonds. The van der Waals surface area contributed by atoms with E-state index in [4.69, 9.17) is 33.7 Å². The van der Waals surface area contributed by atoms with Gasteiger partial charge < -0.3 is 20.5 Å². The van der Waals surface area contributed by atoms with Gasteiger partial charge in [0.15, 0.2) is 0 Å². The van der Waals surface area contributed by atoms with Gasteiger partial charge in [0.25, 0.3) is 0 Å². The Hall–Kier alpha value is -1.01. The van der Waals surface area contributed by atoms with Gasteiger partial charge in [-0.3, -0.25) is 0 Å². The summed E-state index contributed by atoms with van der Waals surface area (Å²) in [5.74, 6) is 0.